The molecule has 198 valence electrons. The van der Waals surface area contributed by atoms with Crippen LogP contribution < -0.4 is 10.0 Å². The number of rotatable bonds is 9. The van der Waals surface area contributed by atoms with Crippen LogP contribution in [-0.2, 0) is 20.1 Å². The van der Waals surface area contributed by atoms with Gasteiger partial charge in [0.25, 0.3) is 0 Å². The highest BCUT2D eigenvalue weighted by Crippen LogP contribution is 2.40. The van der Waals surface area contributed by atoms with Gasteiger partial charge in [-0.3, -0.25) is 8.98 Å². The van der Waals surface area contributed by atoms with Gasteiger partial charge in [0.05, 0.1) is 20.9 Å². The van der Waals surface area contributed by atoms with E-state index >= 15 is 0 Å². The smallest absolute Gasteiger partial charge is 0.335 e. The zero-order valence-corrected chi connectivity index (χ0v) is 22.8. The molecule has 0 saturated heterocycles. The van der Waals surface area contributed by atoms with Gasteiger partial charge in [-0.15, -0.1) is 11.3 Å². The van der Waals surface area contributed by atoms with Gasteiger partial charge in [0.1, 0.15) is 23.9 Å². The molecule has 4 N–H and O–H groups in total. The standard InChI is InChI=1S/C23H24Cl2N4O6S2/c1-23(32,12-4-3-5-13(24)6-12)16-9-19(36-21(16)25)20(31)15-10-27-11-28-22(15)29-14-7-17(30)18(8-14)35-37(33,34)26-2/h3-6,9-11,14,17-18,26,30,32H,7-8H2,1-2H3,(H,27,28,29)/t14-,17+,18-,23-/m1/s1. The Morgan fingerprint density at radius 3 is 2.73 bits per heavy atom. The Labute approximate surface area is 227 Å². The van der Waals surface area contributed by atoms with Crippen LogP contribution in [0.15, 0.2) is 42.9 Å². The van der Waals surface area contributed by atoms with E-state index in [1.165, 1.54) is 25.6 Å². The van der Waals surface area contributed by atoms with Crippen molar-refractivity contribution >= 4 is 56.4 Å². The van der Waals surface area contributed by atoms with E-state index in [1.807, 2.05) is 4.72 Å². The third-order valence-corrected chi connectivity index (χ3v) is 8.68. The molecule has 0 aliphatic heterocycles. The summed E-state index contributed by atoms with van der Waals surface area (Å²) >= 11 is 13.6. The number of anilines is 1. The largest absolute Gasteiger partial charge is 0.390 e. The molecular formula is C23H24Cl2N4O6S2. The number of nitrogens with one attached hydrogen (secondary N) is 2. The molecule has 1 saturated carbocycles. The number of nitrogens with zero attached hydrogens (tertiary/aromatic N) is 2. The second-order valence-electron chi connectivity index (χ2n) is 8.67. The van der Waals surface area contributed by atoms with E-state index in [4.69, 9.17) is 27.4 Å². The average Bonchev–Trinajstić information content (AvgIpc) is 3.41. The number of hydrogen-bond donors (Lipinski definition) is 4. The van der Waals surface area contributed by atoms with Crippen LogP contribution in [0, 0.1) is 0 Å². The molecule has 4 rings (SSSR count). The van der Waals surface area contributed by atoms with Crippen LogP contribution in [0.25, 0.3) is 0 Å². The summed E-state index contributed by atoms with van der Waals surface area (Å²) in [7, 11) is -2.77. The summed E-state index contributed by atoms with van der Waals surface area (Å²) < 4.78 is 30.7. The zero-order valence-electron chi connectivity index (χ0n) is 19.7. The van der Waals surface area contributed by atoms with Crippen LogP contribution in [0.3, 0.4) is 0 Å². The van der Waals surface area contributed by atoms with Gasteiger partial charge < -0.3 is 15.5 Å². The van der Waals surface area contributed by atoms with Crippen LogP contribution in [0.4, 0.5) is 5.82 Å². The first-order valence-electron chi connectivity index (χ1n) is 11.1. The number of ketones is 1. The van der Waals surface area contributed by atoms with Crippen LogP contribution in [0.5, 0.6) is 0 Å². The summed E-state index contributed by atoms with van der Waals surface area (Å²) in [5, 5.41) is 25.1. The van der Waals surface area contributed by atoms with E-state index in [0.29, 0.717) is 16.1 Å². The quantitative estimate of drug-likeness (QED) is 0.277. The number of benzene rings is 1. The first kappa shape index (κ1) is 27.9. The van der Waals surface area contributed by atoms with E-state index in [9.17, 15) is 23.4 Å². The number of aromatic nitrogens is 2. The predicted molar refractivity (Wildman–Crippen MR) is 140 cm³/mol. The SMILES string of the molecule is CNS(=O)(=O)O[C@@H]1C[C@H](Nc2ncncc2C(=O)c2cc([C@](C)(O)c3cccc(Cl)c3)c(Cl)s2)C[C@@H]1O. The second-order valence-corrected chi connectivity index (χ2v) is 12.3. The molecule has 1 aliphatic carbocycles. The summed E-state index contributed by atoms with van der Waals surface area (Å²) in [5.41, 5.74) is -0.494. The Morgan fingerprint density at radius 2 is 2.03 bits per heavy atom. The minimum Gasteiger partial charge on any atom is -0.390 e. The van der Waals surface area contributed by atoms with Crippen molar-refractivity contribution in [2.75, 3.05) is 12.4 Å². The number of aliphatic hydroxyl groups excluding tert-OH is 1. The first-order valence-corrected chi connectivity index (χ1v) is 14.1. The Balaban J connectivity index is 1.56. The van der Waals surface area contributed by atoms with Crippen molar-refractivity contribution in [3.05, 3.63) is 73.8 Å². The van der Waals surface area contributed by atoms with E-state index < -0.39 is 39.9 Å². The zero-order chi connectivity index (χ0) is 27.0. The highest BCUT2D eigenvalue weighted by atomic mass is 35.5. The molecule has 0 radical (unpaired) electrons. The molecule has 3 aromatic rings. The maximum atomic E-state index is 13.4. The lowest BCUT2D eigenvalue weighted by molar-refractivity contribution is 0.0636. The van der Waals surface area contributed by atoms with Crippen molar-refractivity contribution in [1.82, 2.24) is 14.7 Å². The maximum Gasteiger partial charge on any atom is 0.335 e. The monoisotopic (exact) mass is 586 g/mol. The van der Waals surface area contributed by atoms with Gasteiger partial charge in [0, 0.05) is 29.9 Å². The number of hydrogen-bond acceptors (Lipinski definition) is 10. The summed E-state index contributed by atoms with van der Waals surface area (Å²) in [6.45, 7) is 1.57. The van der Waals surface area contributed by atoms with Crippen LogP contribution in [0.1, 0.15) is 46.1 Å². The van der Waals surface area contributed by atoms with E-state index in [0.717, 1.165) is 11.3 Å². The molecule has 0 amide bonds. The highest BCUT2D eigenvalue weighted by Gasteiger charge is 2.38. The summed E-state index contributed by atoms with van der Waals surface area (Å²) in [6, 6.07) is 7.84. The third kappa shape index (κ3) is 6.13. The van der Waals surface area contributed by atoms with E-state index in [2.05, 4.69) is 15.3 Å². The maximum absolute atomic E-state index is 13.4. The van der Waals surface area contributed by atoms with E-state index in [-0.39, 0.29) is 33.4 Å². The van der Waals surface area contributed by atoms with Crippen molar-refractivity contribution in [2.45, 2.75) is 43.6 Å². The topological polar surface area (TPSA) is 151 Å². The molecule has 10 nitrogen and oxygen atoms in total. The van der Waals surface area contributed by atoms with Crippen molar-refractivity contribution in [3.63, 3.8) is 0 Å². The lowest BCUT2D eigenvalue weighted by Crippen LogP contribution is -2.31. The molecule has 4 atom stereocenters. The van der Waals surface area contributed by atoms with Gasteiger partial charge in [-0.1, -0.05) is 35.3 Å². The number of carbonyl (C=O) groups excluding carboxylic acids is 1. The predicted octanol–water partition coefficient (Wildman–Crippen LogP) is 3.12. The fourth-order valence-corrected chi connectivity index (χ4v) is 6.35. The van der Waals surface area contributed by atoms with Crippen molar-refractivity contribution in [1.29, 1.82) is 0 Å². The van der Waals surface area contributed by atoms with Gasteiger partial charge in [0.15, 0.2) is 0 Å². The van der Waals surface area contributed by atoms with Gasteiger partial charge in [-0.25, -0.2) is 9.97 Å². The number of aliphatic hydroxyl groups is 2. The number of halogens is 2. The molecule has 0 spiro atoms. The summed E-state index contributed by atoms with van der Waals surface area (Å²) in [6.07, 6.45) is 0.972. The van der Waals surface area contributed by atoms with Crippen LogP contribution >= 0.6 is 34.5 Å². The van der Waals surface area contributed by atoms with Crippen molar-refractivity contribution in [2.24, 2.45) is 0 Å². The third-order valence-electron chi connectivity index (χ3n) is 6.09. The minimum atomic E-state index is -3.98. The van der Waals surface area contributed by atoms with Gasteiger partial charge in [-0.2, -0.15) is 13.1 Å². The van der Waals surface area contributed by atoms with Crippen molar-refractivity contribution in [3.8, 4) is 0 Å². The summed E-state index contributed by atoms with van der Waals surface area (Å²) in [5.74, 6) is -0.214. The minimum absolute atomic E-state index is 0.149. The average molecular weight is 588 g/mol. The molecule has 0 unspecified atom stereocenters. The lowest BCUT2D eigenvalue weighted by atomic mass is 9.89. The number of thiophene rings is 1. The highest BCUT2D eigenvalue weighted by molar-refractivity contribution is 7.84. The lowest BCUT2D eigenvalue weighted by Gasteiger charge is -2.23. The van der Waals surface area contributed by atoms with Crippen LogP contribution in [0.2, 0.25) is 9.36 Å². The van der Waals surface area contributed by atoms with Crippen LogP contribution in [-0.4, -0.2) is 59.7 Å². The molecule has 14 heteroatoms. The van der Waals surface area contributed by atoms with Crippen molar-refractivity contribution < 1.29 is 27.6 Å². The molecule has 37 heavy (non-hydrogen) atoms. The Morgan fingerprint density at radius 1 is 1.27 bits per heavy atom. The molecule has 2 aromatic heterocycles. The first-order chi connectivity index (χ1) is 17.4. The summed E-state index contributed by atoms with van der Waals surface area (Å²) in [4.78, 5) is 21.8. The molecule has 0 bridgehead atoms. The Bertz CT molecular complexity index is 1420. The fourth-order valence-electron chi connectivity index (χ4n) is 4.11. The Hall–Kier alpha value is -2.16. The number of carbonyl (C=O) groups is 1. The van der Waals surface area contributed by atoms with E-state index in [1.54, 1.807) is 31.2 Å². The molecular weight excluding hydrogens is 563 g/mol. The van der Waals surface area contributed by atoms with Gasteiger partial charge in [0.2, 0.25) is 5.78 Å². The second kappa shape index (κ2) is 10.9. The molecule has 1 aliphatic rings. The Kier molecular flexibility index (Phi) is 8.22. The normalized spacial score (nSPS) is 21.5. The van der Waals surface area contributed by atoms with Gasteiger partial charge >= 0.3 is 10.3 Å². The van der Waals surface area contributed by atoms with Gasteiger partial charge in [-0.05, 0) is 43.5 Å². The molecule has 1 aromatic carbocycles. The fraction of sp³-hybridized carbons (Fsp3) is 0.348. The molecule has 1 fully saturated rings. The molecule has 2 heterocycles.